The van der Waals surface area contributed by atoms with Gasteiger partial charge in [-0.05, 0) is 77.3 Å². The molecule has 0 aliphatic carbocycles. The van der Waals surface area contributed by atoms with Crippen LogP contribution in [-0.2, 0) is 10.8 Å². The van der Waals surface area contributed by atoms with Gasteiger partial charge in [-0.15, -0.1) is 0 Å². The summed E-state index contributed by atoms with van der Waals surface area (Å²) in [6.07, 6.45) is 1.77. The fourth-order valence-electron chi connectivity index (χ4n) is 3.76. The van der Waals surface area contributed by atoms with Crippen molar-refractivity contribution < 1.29 is 19.8 Å². The Balaban J connectivity index is 1.80. The summed E-state index contributed by atoms with van der Waals surface area (Å²) < 4.78 is 0. The molecule has 6 nitrogen and oxygen atoms in total. The van der Waals surface area contributed by atoms with Crippen molar-refractivity contribution in [1.82, 2.24) is 0 Å². The van der Waals surface area contributed by atoms with Crippen molar-refractivity contribution in [1.29, 1.82) is 0 Å². The first-order chi connectivity index (χ1) is 16.9. The van der Waals surface area contributed by atoms with Gasteiger partial charge in [0.1, 0.15) is 11.5 Å². The van der Waals surface area contributed by atoms with Gasteiger partial charge in [-0.25, -0.2) is 0 Å². The van der Waals surface area contributed by atoms with E-state index >= 15 is 0 Å². The summed E-state index contributed by atoms with van der Waals surface area (Å²) in [5, 5.41) is 26.2. The second kappa shape index (κ2) is 10.4. The standard InChI is InChI=1S/C30H36N2O4/c1-7-29(3,4)19-12-14-25(33)23(16-19)27(35)31-21-10-9-11-22(18-21)32-28(36)24-17-20(13-15-26(24)34)30(5,6)8-2/h9-18,33-34H,7-8H2,1-6H3,(H,31,35)(H,32,36). The topological polar surface area (TPSA) is 98.7 Å². The van der Waals surface area contributed by atoms with E-state index in [-0.39, 0.29) is 33.5 Å². The number of phenolic OH excluding ortho intramolecular Hbond substituents is 2. The first-order valence-corrected chi connectivity index (χ1v) is 12.3. The Morgan fingerprint density at radius 1 is 0.667 bits per heavy atom. The minimum absolute atomic E-state index is 0.0991. The minimum Gasteiger partial charge on any atom is -0.507 e. The number of aromatic hydroxyl groups is 2. The number of anilines is 2. The summed E-state index contributed by atoms with van der Waals surface area (Å²) in [6, 6.07) is 16.9. The smallest absolute Gasteiger partial charge is 0.259 e. The second-order valence-corrected chi connectivity index (χ2v) is 10.4. The van der Waals surface area contributed by atoms with Crippen molar-refractivity contribution in [3.05, 3.63) is 82.9 Å². The van der Waals surface area contributed by atoms with Gasteiger partial charge in [0.05, 0.1) is 11.1 Å². The van der Waals surface area contributed by atoms with E-state index in [4.69, 9.17) is 0 Å². The Kier molecular flexibility index (Phi) is 7.77. The molecule has 0 saturated carbocycles. The maximum Gasteiger partial charge on any atom is 0.259 e. The zero-order valence-corrected chi connectivity index (χ0v) is 21.9. The van der Waals surface area contributed by atoms with E-state index in [9.17, 15) is 19.8 Å². The summed E-state index contributed by atoms with van der Waals surface area (Å²) in [4.78, 5) is 25.9. The minimum atomic E-state index is -0.447. The van der Waals surface area contributed by atoms with E-state index in [1.165, 1.54) is 0 Å². The van der Waals surface area contributed by atoms with Gasteiger partial charge in [-0.3, -0.25) is 9.59 Å². The molecule has 0 atom stereocenters. The van der Waals surface area contributed by atoms with Gasteiger partial charge in [0.2, 0.25) is 0 Å². The molecule has 4 N–H and O–H groups in total. The molecule has 0 aliphatic rings. The predicted molar refractivity (Wildman–Crippen MR) is 145 cm³/mol. The molecule has 190 valence electrons. The predicted octanol–water partition coefficient (Wildman–Crippen LogP) is 6.98. The van der Waals surface area contributed by atoms with Crippen molar-refractivity contribution in [2.75, 3.05) is 10.6 Å². The number of nitrogens with one attached hydrogen (secondary N) is 2. The molecule has 6 heteroatoms. The second-order valence-electron chi connectivity index (χ2n) is 10.4. The van der Waals surface area contributed by atoms with Gasteiger partial charge in [-0.1, -0.05) is 59.7 Å². The van der Waals surface area contributed by atoms with Crippen molar-refractivity contribution in [3.63, 3.8) is 0 Å². The number of amides is 2. The quantitative estimate of drug-likeness (QED) is 0.275. The molecule has 3 aromatic carbocycles. The zero-order valence-electron chi connectivity index (χ0n) is 21.9. The average molecular weight is 489 g/mol. The number of phenols is 2. The number of rotatable bonds is 8. The van der Waals surface area contributed by atoms with E-state index in [0.717, 1.165) is 24.0 Å². The molecule has 0 heterocycles. The lowest BCUT2D eigenvalue weighted by Gasteiger charge is -2.24. The van der Waals surface area contributed by atoms with E-state index in [0.29, 0.717) is 11.4 Å². The molecule has 36 heavy (non-hydrogen) atoms. The number of hydrogen-bond acceptors (Lipinski definition) is 4. The molecule has 0 fully saturated rings. The number of benzene rings is 3. The molecule has 2 amide bonds. The van der Waals surface area contributed by atoms with Crippen molar-refractivity contribution in [2.24, 2.45) is 0 Å². The van der Waals surface area contributed by atoms with E-state index < -0.39 is 11.8 Å². The third kappa shape index (κ3) is 5.88. The highest BCUT2D eigenvalue weighted by atomic mass is 16.3. The maximum absolute atomic E-state index is 13.0. The number of hydrogen-bond donors (Lipinski definition) is 4. The number of carbonyl (C=O) groups is 2. The van der Waals surface area contributed by atoms with Gasteiger partial charge >= 0.3 is 0 Å². The first-order valence-electron chi connectivity index (χ1n) is 12.3. The summed E-state index contributed by atoms with van der Waals surface area (Å²) in [7, 11) is 0. The van der Waals surface area contributed by atoms with Crippen molar-refractivity contribution >= 4 is 23.2 Å². The van der Waals surface area contributed by atoms with Crippen LogP contribution in [0.15, 0.2) is 60.7 Å². The first kappa shape index (κ1) is 26.8. The Labute approximate surface area is 213 Å². The highest BCUT2D eigenvalue weighted by molar-refractivity contribution is 6.08. The molecular formula is C30H36N2O4. The molecule has 0 aliphatic heterocycles. The van der Waals surface area contributed by atoms with Gasteiger partial charge in [0, 0.05) is 11.4 Å². The Bertz CT molecular complexity index is 1180. The van der Waals surface area contributed by atoms with Crippen LogP contribution >= 0.6 is 0 Å². The van der Waals surface area contributed by atoms with Gasteiger partial charge < -0.3 is 20.8 Å². The largest absolute Gasteiger partial charge is 0.507 e. The summed E-state index contributed by atoms with van der Waals surface area (Å²) >= 11 is 0. The number of carbonyl (C=O) groups excluding carboxylic acids is 2. The molecule has 3 aromatic rings. The highest BCUT2D eigenvalue weighted by Crippen LogP contribution is 2.32. The van der Waals surface area contributed by atoms with Crippen LogP contribution in [0.1, 0.15) is 86.2 Å². The lowest BCUT2D eigenvalue weighted by Crippen LogP contribution is -2.19. The summed E-state index contributed by atoms with van der Waals surface area (Å²) in [5.41, 5.74) is 2.94. The molecule has 0 unspecified atom stereocenters. The Morgan fingerprint density at radius 2 is 1.06 bits per heavy atom. The normalized spacial score (nSPS) is 11.7. The third-order valence-corrected chi connectivity index (χ3v) is 7.19. The van der Waals surface area contributed by atoms with Crippen LogP contribution in [-0.4, -0.2) is 22.0 Å². The highest BCUT2D eigenvalue weighted by Gasteiger charge is 2.23. The molecule has 0 radical (unpaired) electrons. The fraction of sp³-hybridized carbons (Fsp3) is 0.333. The summed E-state index contributed by atoms with van der Waals surface area (Å²) in [6.45, 7) is 12.5. The van der Waals surface area contributed by atoms with Crippen LogP contribution in [0.5, 0.6) is 11.5 Å². The Hall–Kier alpha value is -3.80. The van der Waals surface area contributed by atoms with Crippen LogP contribution in [0.3, 0.4) is 0 Å². The molecular weight excluding hydrogens is 452 g/mol. The SMILES string of the molecule is CCC(C)(C)c1ccc(O)c(C(=O)Nc2cccc(NC(=O)c3cc(C(C)(C)CC)ccc3O)c2)c1. The van der Waals surface area contributed by atoms with Gasteiger partial charge in [-0.2, -0.15) is 0 Å². The van der Waals surface area contributed by atoms with Crippen LogP contribution in [0.25, 0.3) is 0 Å². The molecule has 0 aromatic heterocycles. The van der Waals surface area contributed by atoms with E-state index in [1.54, 1.807) is 48.5 Å². The van der Waals surface area contributed by atoms with Crippen LogP contribution in [0.2, 0.25) is 0 Å². The molecule has 0 bridgehead atoms. The van der Waals surface area contributed by atoms with Crippen LogP contribution in [0, 0.1) is 0 Å². The lowest BCUT2D eigenvalue weighted by atomic mass is 9.81. The molecule has 0 saturated heterocycles. The van der Waals surface area contributed by atoms with E-state index in [1.807, 2.05) is 12.1 Å². The average Bonchev–Trinajstić information content (AvgIpc) is 2.84. The zero-order chi connectivity index (χ0) is 26.7. The summed E-state index contributed by atoms with van der Waals surface area (Å²) in [5.74, 6) is -1.09. The van der Waals surface area contributed by atoms with Gasteiger partial charge in [0.15, 0.2) is 0 Å². The third-order valence-electron chi connectivity index (χ3n) is 7.19. The maximum atomic E-state index is 13.0. The lowest BCUT2D eigenvalue weighted by molar-refractivity contribution is 0.101. The fourth-order valence-corrected chi connectivity index (χ4v) is 3.76. The molecule has 3 rings (SSSR count). The van der Waals surface area contributed by atoms with E-state index in [2.05, 4.69) is 52.2 Å². The Morgan fingerprint density at radius 3 is 1.42 bits per heavy atom. The molecule has 0 spiro atoms. The van der Waals surface area contributed by atoms with Gasteiger partial charge in [0.25, 0.3) is 11.8 Å². The van der Waals surface area contributed by atoms with Crippen molar-refractivity contribution in [3.8, 4) is 11.5 Å². The van der Waals surface area contributed by atoms with Crippen LogP contribution in [0.4, 0.5) is 11.4 Å². The monoisotopic (exact) mass is 488 g/mol. The van der Waals surface area contributed by atoms with Crippen molar-refractivity contribution in [2.45, 2.75) is 65.2 Å². The van der Waals surface area contributed by atoms with Crippen LogP contribution < -0.4 is 10.6 Å².